The molecule has 1 aliphatic rings. The van der Waals surface area contributed by atoms with E-state index in [9.17, 15) is 14.3 Å². The Morgan fingerprint density at radius 2 is 2.17 bits per heavy atom. The van der Waals surface area contributed by atoms with Crippen LogP contribution in [0.25, 0.3) is 0 Å². The summed E-state index contributed by atoms with van der Waals surface area (Å²) in [5, 5.41) is 9.66. The third kappa shape index (κ3) is 5.17. The number of carbonyl (C=O) groups is 1. The number of amides is 1. The van der Waals surface area contributed by atoms with E-state index < -0.39 is 0 Å². The van der Waals surface area contributed by atoms with Crippen LogP contribution in [0.5, 0.6) is 5.88 Å². The summed E-state index contributed by atoms with van der Waals surface area (Å²) in [4.78, 5) is 21.1. The van der Waals surface area contributed by atoms with Gasteiger partial charge in [0.2, 0.25) is 5.88 Å². The molecular formula is C22H27BrFN3O3. The van der Waals surface area contributed by atoms with Crippen molar-refractivity contribution in [3.05, 3.63) is 57.9 Å². The number of fused-ring (bicyclic) bond motifs is 1. The molecule has 1 N–H and O–H groups in total. The molecule has 1 aromatic heterocycles. The van der Waals surface area contributed by atoms with Gasteiger partial charge in [0, 0.05) is 41.8 Å². The van der Waals surface area contributed by atoms with Crippen molar-refractivity contribution in [1.29, 1.82) is 0 Å². The maximum absolute atomic E-state index is 14.0. The van der Waals surface area contributed by atoms with Crippen LogP contribution >= 0.6 is 15.9 Å². The molecule has 0 saturated carbocycles. The molecule has 2 aromatic rings. The lowest BCUT2D eigenvalue weighted by atomic mass is 10.00. The van der Waals surface area contributed by atoms with Gasteiger partial charge in [-0.05, 0) is 42.0 Å². The van der Waals surface area contributed by atoms with E-state index in [1.54, 1.807) is 29.3 Å². The molecule has 0 fully saturated rings. The van der Waals surface area contributed by atoms with Crippen molar-refractivity contribution >= 4 is 21.8 Å². The van der Waals surface area contributed by atoms with Crippen LogP contribution in [0.4, 0.5) is 4.39 Å². The number of aliphatic hydroxyl groups excluding tert-OH is 1. The van der Waals surface area contributed by atoms with Crippen LogP contribution in [0.2, 0.25) is 0 Å². The van der Waals surface area contributed by atoms with Gasteiger partial charge in [0.25, 0.3) is 5.91 Å². The topological polar surface area (TPSA) is 65.9 Å². The van der Waals surface area contributed by atoms with E-state index in [0.717, 1.165) is 0 Å². The molecule has 2 heterocycles. The highest BCUT2D eigenvalue weighted by Crippen LogP contribution is 2.28. The summed E-state index contributed by atoms with van der Waals surface area (Å²) in [6, 6.07) is 8.08. The van der Waals surface area contributed by atoms with Gasteiger partial charge in [0.1, 0.15) is 17.5 Å². The number of halogens is 2. The lowest BCUT2D eigenvalue weighted by Crippen LogP contribution is -2.49. The van der Waals surface area contributed by atoms with Gasteiger partial charge in [-0.1, -0.05) is 25.1 Å². The predicted octanol–water partition coefficient (Wildman–Crippen LogP) is 3.34. The first kappa shape index (κ1) is 22.7. The quantitative estimate of drug-likeness (QED) is 0.688. The van der Waals surface area contributed by atoms with Gasteiger partial charge in [-0.3, -0.25) is 9.69 Å². The molecule has 1 amide bonds. The van der Waals surface area contributed by atoms with E-state index in [0.29, 0.717) is 35.2 Å². The van der Waals surface area contributed by atoms with Crippen LogP contribution in [-0.2, 0) is 6.54 Å². The monoisotopic (exact) mass is 479 g/mol. The molecule has 3 rings (SSSR count). The minimum absolute atomic E-state index is 0.0235. The molecule has 8 heteroatoms. The molecular weight excluding hydrogens is 453 g/mol. The van der Waals surface area contributed by atoms with Crippen molar-refractivity contribution in [2.24, 2.45) is 5.92 Å². The highest BCUT2D eigenvalue weighted by molar-refractivity contribution is 9.10. The molecule has 162 valence electrons. The zero-order valence-electron chi connectivity index (χ0n) is 17.4. The van der Waals surface area contributed by atoms with Crippen LogP contribution in [-0.4, -0.2) is 64.7 Å². The Hall–Kier alpha value is -2.03. The minimum Gasteiger partial charge on any atom is -0.472 e. The van der Waals surface area contributed by atoms with E-state index >= 15 is 0 Å². The molecule has 0 aliphatic carbocycles. The number of rotatable bonds is 6. The summed E-state index contributed by atoms with van der Waals surface area (Å²) in [6.45, 7) is 5.10. The van der Waals surface area contributed by atoms with Crippen molar-refractivity contribution in [2.45, 2.75) is 32.5 Å². The van der Waals surface area contributed by atoms with Gasteiger partial charge >= 0.3 is 0 Å². The second kappa shape index (κ2) is 9.85. The van der Waals surface area contributed by atoms with Crippen molar-refractivity contribution in [2.75, 3.05) is 26.7 Å². The lowest BCUT2D eigenvalue weighted by molar-refractivity contribution is 0.0324. The van der Waals surface area contributed by atoms with Gasteiger partial charge in [-0.25, -0.2) is 9.37 Å². The summed E-state index contributed by atoms with van der Waals surface area (Å²) < 4.78 is 20.9. The number of aliphatic hydroxyl groups is 1. The Morgan fingerprint density at radius 1 is 1.43 bits per heavy atom. The highest BCUT2D eigenvalue weighted by Gasteiger charge is 2.34. The van der Waals surface area contributed by atoms with Gasteiger partial charge in [-0.2, -0.15) is 0 Å². The van der Waals surface area contributed by atoms with Crippen LogP contribution in [0.3, 0.4) is 0 Å². The number of likely N-dealkylation sites (N-methyl/N-ethyl adjacent to an activating group) is 1. The van der Waals surface area contributed by atoms with E-state index in [1.807, 2.05) is 31.9 Å². The molecule has 1 aliphatic heterocycles. The number of pyridine rings is 1. The summed E-state index contributed by atoms with van der Waals surface area (Å²) in [5.41, 5.74) is 0.977. The third-order valence-corrected chi connectivity index (χ3v) is 5.81. The second-order valence-electron chi connectivity index (χ2n) is 7.92. The smallest absolute Gasteiger partial charge is 0.259 e. The van der Waals surface area contributed by atoms with E-state index in [1.165, 1.54) is 6.07 Å². The molecule has 0 saturated heterocycles. The fourth-order valence-electron chi connectivity index (χ4n) is 3.58. The van der Waals surface area contributed by atoms with Crippen LogP contribution in [0.15, 0.2) is 41.0 Å². The number of nitrogens with zero attached hydrogens (tertiary/aromatic N) is 3. The fraction of sp³-hybridized carbons (Fsp3) is 0.455. The number of hydrogen-bond acceptors (Lipinski definition) is 5. The molecule has 0 unspecified atom stereocenters. The Labute approximate surface area is 184 Å². The third-order valence-electron chi connectivity index (χ3n) is 5.38. The summed E-state index contributed by atoms with van der Waals surface area (Å²) in [6.07, 6.45) is 1.33. The first-order chi connectivity index (χ1) is 14.3. The van der Waals surface area contributed by atoms with Gasteiger partial charge in [0.15, 0.2) is 0 Å². The molecule has 30 heavy (non-hydrogen) atoms. The Bertz CT molecular complexity index is 898. The van der Waals surface area contributed by atoms with Gasteiger partial charge < -0.3 is 14.7 Å². The fourth-order valence-corrected chi connectivity index (χ4v) is 3.92. The van der Waals surface area contributed by atoms with Gasteiger partial charge in [0.05, 0.1) is 12.6 Å². The van der Waals surface area contributed by atoms with E-state index in [4.69, 9.17) is 4.74 Å². The number of hydrogen-bond donors (Lipinski definition) is 1. The van der Waals surface area contributed by atoms with Gasteiger partial charge in [-0.15, -0.1) is 0 Å². The maximum Gasteiger partial charge on any atom is 0.259 e. The van der Waals surface area contributed by atoms with Crippen LogP contribution < -0.4 is 4.74 Å². The Balaban J connectivity index is 1.86. The van der Waals surface area contributed by atoms with Crippen molar-refractivity contribution in [1.82, 2.24) is 14.8 Å². The van der Waals surface area contributed by atoms with E-state index in [-0.39, 0.29) is 42.3 Å². The van der Waals surface area contributed by atoms with Crippen LogP contribution in [0.1, 0.15) is 29.8 Å². The molecule has 3 atom stereocenters. The van der Waals surface area contributed by atoms with Crippen molar-refractivity contribution in [3.63, 3.8) is 0 Å². The van der Waals surface area contributed by atoms with Crippen LogP contribution in [0, 0.1) is 11.7 Å². The largest absolute Gasteiger partial charge is 0.472 e. The molecule has 6 nitrogen and oxygen atoms in total. The standard InChI is InChI=1S/C22H27BrFN3O3/c1-14-10-27(15(2)13-28)22(29)18-8-17(23)9-25-21(18)30-20(14)12-26(3)11-16-6-4-5-7-19(16)24/h4-9,14-15,20,28H,10-13H2,1-3H3/t14-,15+,20+/m0/s1. The lowest BCUT2D eigenvalue weighted by Gasteiger charge is -2.37. The minimum atomic E-state index is -0.332. The molecule has 0 bridgehead atoms. The van der Waals surface area contributed by atoms with E-state index in [2.05, 4.69) is 20.9 Å². The Morgan fingerprint density at radius 3 is 2.87 bits per heavy atom. The zero-order valence-corrected chi connectivity index (χ0v) is 19.0. The number of aromatic nitrogens is 1. The number of carbonyl (C=O) groups excluding carboxylic acids is 1. The predicted molar refractivity (Wildman–Crippen MR) is 116 cm³/mol. The molecule has 0 spiro atoms. The summed E-state index contributed by atoms with van der Waals surface area (Å²) in [7, 11) is 1.91. The van der Waals surface area contributed by atoms with Crippen molar-refractivity contribution in [3.8, 4) is 5.88 Å². The number of ether oxygens (including phenoxy) is 1. The average Bonchev–Trinajstić information content (AvgIpc) is 2.72. The maximum atomic E-state index is 14.0. The Kier molecular flexibility index (Phi) is 7.44. The highest BCUT2D eigenvalue weighted by atomic mass is 79.9. The summed E-state index contributed by atoms with van der Waals surface area (Å²) in [5.74, 6) is -0.203. The first-order valence-electron chi connectivity index (χ1n) is 9.96. The van der Waals surface area contributed by atoms with Crippen molar-refractivity contribution < 1.29 is 19.0 Å². The average molecular weight is 480 g/mol. The summed E-state index contributed by atoms with van der Waals surface area (Å²) >= 11 is 3.37. The second-order valence-corrected chi connectivity index (χ2v) is 8.83. The SMILES string of the molecule is C[C@H](CO)N1C[C@H](C)[C@@H](CN(C)Cc2ccccc2F)Oc2ncc(Br)cc2C1=O. The number of benzene rings is 1. The zero-order chi connectivity index (χ0) is 21.8. The first-order valence-corrected chi connectivity index (χ1v) is 10.8. The molecule has 0 radical (unpaired) electrons. The normalized spacial score (nSPS) is 20.4. The molecule has 1 aromatic carbocycles.